The Balaban J connectivity index is 1.93. The minimum Gasteiger partial charge on any atom is -0.370 e. The molecule has 3 atom stereocenters. The highest BCUT2D eigenvalue weighted by Crippen LogP contribution is 2.38. The Morgan fingerprint density at radius 3 is 2.89 bits per heavy atom. The standard InChI is InChI=1S/C7H9O2/c8-4-5-1-2-6-7(3-5)9-6/h5-7H,1-3H2. The van der Waals surface area contributed by atoms with Gasteiger partial charge < -0.3 is 4.74 Å². The molecule has 0 amide bonds. The zero-order valence-electron chi connectivity index (χ0n) is 5.17. The Morgan fingerprint density at radius 1 is 1.33 bits per heavy atom. The number of fused-ring (bicyclic) bond motifs is 1. The first-order valence-corrected chi connectivity index (χ1v) is 3.43. The van der Waals surface area contributed by atoms with Crippen LogP contribution in [0.25, 0.3) is 0 Å². The van der Waals surface area contributed by atoms with E-state index in [0.717, 1.165) is 19.3 Å². The third kappa shape index (κ3) is 0.874. The lowest BCUT2D eigenvalue weighted by Gasteiger charge is -2.09. The minimum absolute atomic E-state index is 0.175. The SMILES string of the molecule is O=[C]C1CCC2OC2C1. The molecule has 1 aliphatic carbocycles. The molecule has 1 heterocycles. The fourth-order valence-corrected chi connectivity index (χ4v) is 1.51. The second-order valence-electron chi connectivity index (χ2n) is 2.84. The van der Waals surface area contributed by atoms with Crippen molar-refractivity contribution < 1.29 is 9.53 Å². The van der Waals surface area contributed by atoms with E-state index >= 15 is 0 Å². The van der Waals surface area contributed by atoms with E-state index < -0.39 is 0 Å². The highest BCUT2D eigenvalue weighted by Gasteiger charge is 2.43. The minimum atomic E-state index is 0.175. The molecule has 0 N–H and O–H groups in total. The van der Waals surface area contributed by atoms with Crippen molar-refractivity contribution in [3.8, 4) is 0 Å². The van der Waals surface area contributed by atoms with Crippen LogP contribution >= 0.6 is 0 Å². The molecular formula is C7H9O2. The van der Waals surface area contributed by atoms with Crippen LogP contribution < -0.4 is 0 Å². The molecule has 3 unspecified atom stereocenters. The Labute approximate surface area is 54.2 Å². The van der Waals surface area contributed by atoms with Crippen molar-refractivity contribution in [2.45, 2.75) is 31.5 Å². The summed E-state index contributed by atoms with van der Waals surface area (Å²) in [5.74, 6) is 0.175. The zero-order chi connectivity index (χ0) is 6.27. The Kier molecular flexibility index (Phi) is 1.09. The van der Waals surface area contributed by atoms with E-state index in [1.54, 1.807) is 0 Å². The molecule has 9 heavy (non-hydrogen) atoms. The van der Waals surface area contributed by atoms with Crippen molar-refractivity contribution >= 4 is 6.29 Å². The molecule has 1 aliphatic heterocycles. The molecule has 0 aromatic heterocycles. The van der Waals surface area contributed by atoms with Crippen molar-refractivity contribution in [2.24, 2.45) is 5.92 Å². The first-order valence-electron chi connectivity index (χ1n) is 3.43. The molecule has 2 fully saturated rings. The van der Waals surface area contributed by atoms with Gasteiger partial charge in [0.25, 0.3) is 0 Å². The van der Waals surface area contributed by atoms with E-state index in [4.69, 9.17) is 4.74 Å². The van der Waals surface area contributed by atoms with Gasteiger partial charge in [-0.2, -0.15) is 0 Å². The van der Waals surface area contributed by atoms with Crippen LogP contribution in [0.2, 0.25) is 0 Å². The molecular weight excluding hydrogens is 116 g/mol. The van der Waals surface area contributed by atoms with Crippen molar-refractivity contribution in [3.05, 3.63) is 0 Å². The summed E-state index contributed by atoms with van der Waals surface area (Å²) in [6.07, 6.45) is 5.95. The molecule has 2 aliphatic rings. The normalized spacial score (nSPS) is 47.8. The van der Waals surface area contributed by atoms with Crippen LogP contribution in [0.3, 0.4) is 0 Å². The topological polar surface area (TPSA) is 29.6 Å². The molecule has 0 spiro atoms. The summed E-state index contributed by atoms with van der Waals surface area (Å²) in [4.78, 5) is 10.1. The smallest absolute Gasteiger partial charge is 0.201 e. The van der Waals surface area contributed by atoms with Gasteiger partial charge in [-0.15, -0.1) is 0 Å². The maximum Gasteiger partial charge on any atom is 0.201 e. The highest BCUT2D eigenvalue weighted by atomic mass is 16.6. The summed E-state index contributed by atoms with van der Waals surface area (Å²) in [5, 5.41) is 0. The van der Waals surface area contributed by atoms with Gasteiger partial charge in [0.05, 0.1) is 12.2 Å². The first-order chi connectivity index (χ1) is 4.40. The second-order valence-corrected chi connectivity index (χ2v) is 2.84. The number of hydrogen-bond donors (Lipinski definition) is 0. The van der Waals surface area contributed by atoms with Crippen LogP contribution in [0.1, 0.15) is 19.3 Å². The highest BCUT2D eigenvalue weighted by molar-refractivity contribution is 5.55. The van der Waals surface area contributed by atoms with Gasteiger partial charge in [0.15, 0.2) is 0 Å². The molecule has 49 valence electrons. The van der Waals surface area contributed by atoms with Gasteiger partial charge in [0, 0.05) is 5.92 Å². The summed E-state index contributed by atoms with van der Waals surface area (Å²) >= 11 is 0. The monoisotopic (exact) mass is 125 g/mol. The number of epoxide rings is 1. The van der Waals surface area contributed by atoms with Gasteiger partial charge in [-0.1, -0.05) is 0 Å². The van der Waals surface area contributed by atoms with E-state index in [9.17, 15) is 4.79 Å². The van der Waals surface area contributed by atoms with Crippen LogP contribution in [0.15, 0.2) is 0 Å². The van der Waals surface area contributed by atoms with Crippen LogP contribution in [0.4, 0.5) is 0 Å². The van der Waals surface area contributed by atoms with Crippen LogP contribution in [0, 0.1) is 5.92 Å². The lowest BCUT2D eigenvalue weighted by molar-refractivity contribution is 0.370. The van der Waals surface area contributed by atoms with Gasteiger partial charge in [0.1, 0.15) is 0 Å². The molecule has 2 heteroatoms. The van der Waals surface area contributed by atoms with Crippen LogP contribution in [0.5, 0.6) is 0 Å². The van der Waals surface area contributed by atoms with Gasteiger partial charge in [0.2, 0.25) is 6.29 Å². The van der Waals surface area contributed by atoms with E-state index in [2.05, 4.69) is 0 Å². The number of ether oxygens (including phenoxy) is 1. The van der Waals surface area contributed by atoms with Gasteiger partial charge in [-0.3, -0.25) is 4.79 Å². The van der Waals surface area contributed by atoms with E-state index in [1.807, 2.05) is 6.29 Å². The Morgan fingerprint density at radius 2 is 2.22 bits per heavy atom. The average Bonchev–Trinajstić information content (AvgIpc) is 2.64. The molecule has 0 bridgehead atoms. The third-order valence-electron chi connectivity index (χ3n) is 2.17. The van der Waals surface area contributed by atoms with Crippen molar-refractivity contribution in [2.75, 3.05) is 0 Å². The van der Waals surface area contributed by atoms with Crippen molar-refractivity contribution in [3.63, 3.8) is 0 Å². The average molecular weight is 125 g/mol. The maximum atomic E-state index is 10.1. The molecule has 1 saturated heterocycles. The Bertz CT molecular complexity index is 133. The van der Waals surface area contributed by atoms with E-state index in [0.29, 0.717) is 12.2 Å². The Hall–Kier alpha value is -0.370. The number of rotatable bonds is 1. The van der Waals surface area contributed by atoms with Gasteiger partial charge in [-0.05, 0) is 19.3 Å². The third-order valence-corrected chi connectivity index (χ3v) is 2.17. The molecule has 2 nitrogen and oxygen atoms in total. The largest absolute Gasteiger partial charge is 0.370 e. The fraction of sp³-hybridized carbons (Fsp3) is 0.857. The zero-order valence-corrected chi connectivity index (χ0v) is 5.17. The van der Waals surface area contributed by atoms with Gasteiger partial charge in [-0.25, -0.2) is 0 Å². The summed E-state index contributed by atoms with van der Waals surface area (Å²) in [5.41, 5.74) is 0. The van der Waals surface area contributed by atoms with Crippen molar-refractivity contribution in [1.82, 2.24) is 0 Å². The van der Waals surface area contributed by atoms with Gasteiger partial charge >= 0.3 is 0 Å². The molecule has 1 radical (unpaired) electrons. The summed E-state index contributed by atoms with van der Waals surface area (Å²) < 4.78 is 5.23. The lowest BCUT2D eigenvalue weighted by atomic mass is 9.91. The molecule has 0 aromatic rings. The van der Waals surface area contributed by atoms with Crippen LogP contribution in [-0.4, -0.2) is 18.5 Å². The maximum absolute atomic E-state index is 10.1. The quantitative estimate of drug-likeness (QED) is 0.482. The summed E-state index contributed by atoms with van der Waals surface area (Å²) in [7, 11) is 0. The van der Waals surface area contributed by atoms with E-state index in [-0.39, 0.29) is 5.92 Å². The molecule has 1 saturated carbocycles. The first kappa shape index (κ1) is 5.42. The lowest BCUT2D eigenvalue weighted by Crippen LogP contribution is -2.13. The van der Waals surface area contributed by atoms with Crippen LogP contribution in [-0.2, 0) is 9.53 Å². The summed E-state index contributed by atoms with van der Waals surface area (Å²) in [6, 6.07) is 0. The number of hydrogen-bond acceptors (Lipinski definition) is 2. The predicted molar refractivity (Wildman–Crippen MR) is 31.7 cm³/mol. The van der Waals surface area contributed by atoms with Crippen molar-refractivity contribution in [1.29, 1.82) is 0 Å². The molecule has 2 rings (SSSR count). The second kappa shape index (κ2) is 1.81. The number of carbonyl (C=O) groups excluding carboxylic acids is 1. The molecule has 0 aromatic carbocycles. The summed E-state index contributed by atoms with van der Waals surface area (Å²) in [6.45, 7) is 0. The fourth-order valence-electron chi connectivity index (χ4n) is 1.51. The predicted octanol–water partition coefficient (Wildman–Crippen LogP) is 0.664. The van der Waals surface area contributed by atoms with E-state index in [1.165, 1.54) is 0 Å².